The average molecular weight is 416 g/mol. The summed E-state index contributed by atoms with van der Waals surface area (Å²) in [6.07, 6.45) is 0.861. The molecule has 1 unspecified atom stereocenters. The van der Waals surface area contributed by atoms with E-state index in [2.05, 4.69) is 14.2 Å². The Morgan fingerprint density at radius 1 is 1.33 bits per heavy atom. The molecule has 0 saturated carbocycles. The highest BCUT2D eigenvalue weighted by atomic mass is 32.2. The highest BCUT2D eigenvalue weighted by molar-refractivity contribution is 7.99. The zero-order valence-corrected chi connectivity index (χ0v) is 17.3. The lowest BCUT2D eigenvalue weighted by molar-refractivity contribution is -0.146. The molecule has 150 valence electrons. The highest BCUT2D eigenvalue weighted by Crippen LogP contribution is 2.40. The normalized spacial score (nSPS) is 18.6. The molecule has 0 spiro atoms. The van der Waals surface area contributed by atoms with Crippen molar-refractivity contribution in [3.63, 3.8) is 0 Å². The Morgan fingerprint density at radius 2 is 1.93 bits per heavy atom. The summed E-state index contributed by atoms with van der Waals surface area (Å²) < 4.78 is 35.3. The lowest BCUT2D eigenvalue weighted by atomic mass is 9.88. The summed E-state index contributed by atoms with van der Waals surface area (Å²) in [4.78, 5) is 25.8. The van der Waals surface area contributed by atoms with Gasteiger partial charge < -0.3 is 9.64 Å². The fourth-order valence-corrected chi connectivity index (χ4v) is 5.15. The molecule has 0 amide bonds. The van der Waals surface area contributed by atoms with Gasteiger partial charge in [0.2, 0.25) is 10.0 Å². The number of carbonyl (C=O) groups excluding carboxylic acids is 1. The molecule has 27 heavy (non-hydrogen) atoms. The molecule has 0 aliphatic carbocycles. The second-order valence-corrected chi connectivity index (χ2v) is 9.51. The Labute approximate surface area is 164 Å². The standard InChI is InChI=1S/C17H25N3O5S2/c1-4-25-16(21)15(17(26-19-22)9-11-20(3)12-10-17)18-27(23,24)14-7-5-13(2)6-8-14/h5-8,15,18H,4,9-12H2,1-3H3. The summed E-state index contributed by atoms with van der Waals surface area (Å²) in [7, 11) is -2.05. The maximum atomic E-state index is 12.9. The second-order valence-electron chi connectivity index (χ2n) is 6.65. The van der Waals surface area contributed by atoms with Crippen LogP contribution in [-0.4, -0.2) is 56.8 Å². The molecule has 1 aromatic carbocycles. The summed E-state index contributed by atoms with van der Waals surface area (Å²) in [6.45, 7) is 4.84. The Kier molecular flexibility index (Phi) is 7.38. The van der Waals surface area contributed by atoms with E-state index in [1.807, 2.05) is 14.0 Å². The number of hydrogen-bond donors (Lipinski definition) is 1. The third-order valence-electron chi connectivity index (χ3n) is 4.71. The monoisotopic (exact) mass is 415 g/mol. The zero-order valence-electron chi connectivity index (χ0n) is 15.7. The number of esters is 1. The Bertz CT molecular complexity index is 759. The summed E-state index contributed by atoms with van der Waals surface area (Å²) >= 11 is 0.717. The first-order chi connectivity index (χ1) is 12.7. The third-order valence-corrected chi connectivity index (χ3v) is 7.23. The predicted molar refractivity (Wildman–Crippen MR) is 105 cm³/mol. The molecule has 1 aliphatic rings. The van der Waals surface area contributed by atoms with Crippen molar-refractivity contribution in [1.82, 2.24) is 9.62 Å². The summed E-state index contributed by atoms with van der Waals surface area (Å²) in [5.74, 6) is -0.700. The first kappa shape index (κ1) is 21.8. The minimum absolute atomic E-state index is 0.0505. The molecule has 1 N–H and O–H groups in total. The van der Waals surface area contributed by atoms with Crippen molar-refractivity contribution in [2.24, 2.45) is 4.58 Å². The maximum Gasteiger partial charge on any atom is 0.325 e. The predicted octanol–water partition coefficient (Wildman–Crippen LogP) is 2.08. The second kappa shape index (κ2) is 9.13. The summed E-state index contributed by atoms with van der Waals surface area (Å²) in [6, 6.07) is 5.11. The van der Waals surface area contributed by atoms with E-state index in [9.17, 15) is 18.1 Å². The van der Waals surface area contributed by atoms with Gasteiger partial charge in [-0.2, -0.15) is 4.72 Å². The number of piperidine rings is 1. The van der Waals surface area contributed by atoms with E-state index in [0.29, 0.717) is 25.9 Å². The van der Waals surface area contributed by atoms with E-state index in [-0.39, 0.29) is 11.5 Å². The lowest BCUT2D eigenvalue weighted by Crippen LogP contribution is -2.59. The van der Waals surface area contributed by atoms with Crippen LogP contribution in [0.4, 0.5) is 0 Å². The maximum absolute atomic E-state index is 12.9. The Hall–Kier alpha value is -1.49. The van der Waals surface area contributed by atoms with Crippen LogP contribution in [0.25, 0.3) is 0 Å². The summed E-state index contributed by atoms with van der Waals surface area (Å²) in [5.41, 5.74) is 0.920. The number of sulfonamides is 1. The quantitative estimate of drug-likeness (QED) is 0.394. The van der Waals surface area contributed by atoms with Gasteiger partial charge in [0.25, 0.3) is 0 Å². The van der Waals surface area contributed by atoms with Crippen molar-refractivity contribution in [2.45, 2.75) is 42.4 Å². The van der Waals surface area contributed by atoms with Crippen molar-refractivity contribution in [2.75, 3.05) is 26.7 Å². The average Bonchev–Trinajstić information content (AvgIpc) is 2.63. The topological polar surface area (TPSA) is 105 Å². The zero-order chi connectivity index (χ0) is 20.1. The van der Waals surface area contributed by atoms with Gasteiger partial charge in [0.1, 0.15) is 6.04 Å². The smallest absolute Gasteiger partial charge is 0.325 e. The van der Waals surface area contributed by atoms with E-state index in [1.54, 1.807) is 19.1 Å². The minimum Gasteiger partial charge on any atom is -0.465 e. The number of carbonyl (C=O) groups is 1. The lowest BCUT2D eigenvalue weighted by Gasteiger charge is -2.41. The van der Waals surface area contributed by atoms with Crippen molar-refractivity contribution < 1.29 is 17.9 Å². The molecule has 8 nitrogen and oxygen atoms in total. The van der Waals surface area contributed by atoms with Crippen molar-refractivity contribution in [3.8, 4) is 0 Å². The molecular weight excluding hydrogens is 390 g/mol. The first-order valence-corrected chi connectivity index (χ1v) is 10.9. The Morgan fingerprint density at radius 3 is 2.44 bits per heavy atom. The van der Waals surface area contributed by atoms with Gasteiger partial charge in [-0.3, -0.25) is 4.79 Å². The van der Waals surface area contributed by atoms with Crippen LogP contribution in [0.15, 0.2) is 33.7 Å². The first-order valence-electron chi connectivity index (χ1n) is 8.69. The van der Waals surface area contributed by atoms with Crippen LogP contribution in [0.5, 0.6) is 0 Å². The molecule has 1 heterocycles. The van der Waals surface area contributed by atoms with Crippen molar-refractivity contribution >= 4 is 27.9 Å². The van der Waals surface area contributed by atoms with Gasteiger partial charge in [-0.05, 0) is 59.0 Å². The van der Waals surface area contributed by atoms with Crippen LogP contribution < -0.4 is 4.72 Å². The van der Waals surface area contributed by atoms with Gasteiger partial charge in [0.15, 0.2) is 0 Å². The number of nitrogens with zero attached hydrogens (tertiary/aromatic N) is 2. The van der Waals surface area contributed by atoms with Crippen molar-refractivity contribution in [3.05, 3.63) is 34.7 Å². The van der Waals surface area contributed by atoms with Gasteiger partial charge in [-0.25, -0.2) is 8.42 Å². The van der Waals surface area contributed by atoms with Crippen LogP contribution in [0.2, 0.25) is 0 Å². The molecule has 1 saturated heterocycles. The molecule has 10 heteroatoms. The van der Waals surface area contributed by atoms with Crippen LogP contribution in [0.1, 0.15) is 25.3 Å². The van der Waals surface area contributed by atoms with Gasteiger partial charge in [0.05, 0.1) is 16.2 Å². The number of aryl methyl sites for hydroxylation is 1. The number of likely N-dealkylation sites (tertiary alicyclic amines) is 1. The molecule has 1 atom stereocenters. The van der Waals surface area contributed by atoms with Gasteiger partial charge in [-0.1, -0.05) is 17.7 Å². The van der Waals surface area contributed by atoms with Gasteiger partial charge in [0, 0.05) is 16.5 Å². The largest absolute Gasteiger partial charge is 0.465 e. The molecule has 0 bridgehead atoms. The van der Waals surface area contributed by atoms with Gasteiger partial charge in [-0.15, -0.1) is 4.91 Å². The number of hydrogen-bond acceptors (Lipinski definition) is 8. The highest BCUT2D eigenvalue weighted by Gasteiger charge is 2.49. The molecule has 2 rings (SSSR count). The van der Waals surface area contributed by atoms with E-state index in [4.69, 9.17) is 4.74 Å². The van der Waals surface area contributed by atoms with Crippen LogP contribution in [-0.2, 0) is 19.6 Å². The van der Waals surface area contributed by atoms with E-state index >= 15 is 0 Å². The number of benzene rings is 1. The number of rotatable bonds is 8. The Balaban J connectivity index is 2.39. The molecule has 0 radical (unpaired) electrons. The molecule has 1 aliphatic heterocycles. The van der Waals surface area contributed by atoms with E-state index in [0.717, 1.165) is 17.5 Å². The summed E-state index contributed by atoms with van der Waals surface area (Å²) in [5, 5.41) is 0. The van der Waals surface area contributed by atoms with Crippen LogP contribution in [0.3, 0.4) is 0 Å². The molecular formula is C17H25N3O5S2. The van der Waals surface area contributed by atoms with Crippen molar-refractivity contribution in [1.29, 1.82) is 0 Å². The van der Waals surface area contributed by atoms with Crippen LogP contribution in [0, 0.1) is 11.8 Å². The van der Waals surface area contributed by atoms with E-state index < -0.39 is 26.8 Å². The number of nitroso groups, excluding NO2 is 1. The third kappa shape index (κ3) is 5.28. The fraction of sp³-hybridized carbons (Fsp3) is 0.588. The number of nitrogens with one attached hydrogen (secondary N) is 1. The SMILES string of the molecule is CCOC(=O)C(NS(=O)(=O)c1ccc(C)cc1)C1(SN=O)CCN(C)CC1. The van der Waals surface area contributed by atoms with Gasteiger partial charge >= 0.3 is 5.97 Å². The molecule has 1 aromatic rings. The van der Waals surface area contributed by atoms with E-state index in [1.165, 1.54) is 12.1 Å². The van der Waals surface area contributed by atoms with Crippen LogP contribution >= 0.6 is 11.9 Å². The number of ether oxygens (including phenoxy) is 1. The molecule has 1 fully saturated rings. The fourth-order valence-electron chi connectivity index (χ4n) is 3.04. The minimum atomic E-state index is -3.98. The molecule has 0 aromatic heterocycles.